The molecular weight excluding hydrogens is 216 g/mol. The van der Waals surface area contributed by atoms with Crippen molar-refractivity contribution in [1.82, 2.24) is 4.90 Å². The molecule has 0 bridgehead atoms. The van der Waals surface area contributed by atoms with E-state index in [0.29, 0.717) is 12.5 Å². The second kappa shape index (κ2) is 5.36. The van der Waals surface area contributed by atoms with E-state index in [-0.39, 0.29) is 24.1 Å². The van der Waals surface area contributed by atoms with Gasteiger partial charge in [0.05, 0.1) is 0 Å². The first kappa shape index (κ1) is 12.8. The summed E-state index contributed by atoms with van der Waals surface area (Å²) in [7, 11) is 0. The fourth-order valence-corrected chi connectivity index (χ4v) is 2.95. The van der Waals surface area contributed by atoms with Crippen LogP contribution < -0.4 is 5.73 Å². The smallest absolute Gasteiger partial charge is 0.252 e. The molecule has 2 aliphatic rings. The summed E-state index contributed by atoms with van der Waals surface area (Å²) in [6, 6.07) is 0.253. The third kappa shape index (κ3) is 2.63. The van der Waals surface area contributed by atoms with Gasteiger partial charge in [-0.3, -0.25) is 4.79 Å². The van der Waals surface area contributed by atoms with Crippen molar-refractivity contribution in [3.05, 3.63) is 0 Å². The van der Waals surface area contributed by atoms with Gasteiger partial charge in [0.1, 0.15) is 6.10 Å². The van der Waals surface area contributed by atoms with Crippen LogP contribution in [0.2, 0.25) is 0 Å². The molecule has 0 saturated carbocycles. The van der Waals surface area contributed by atoms with E-state index >= 15 is 0 Å². The van der Waals surface area contributed by atoms with Gasteiger partial charge in [-0.25, -0.2) is 0 Å². The van der Waals surface area contributed by atoms with Crippen LogP contribution in [0.4, 0.5) is 0 Å². The number of carbonyl (C=O) groups excluding carboxylic acids is 1. The van der Waals surface area contributed by atoms with E-state index < -0.39 is 0 Å². The lowest BCUT2D eigenvalue weighted by atomic mass is 9.94. The van der Waals surface area contributed by atoms with Crippen LogP contribution in [0.5, 0.6) is 0 Å². The van der Waals surface area contributed by atoms with Crippen molar-refractivity contribution in [1.29, 1.82) is 0 Å². The zero-order chi connectivity index (χ0) is 12.4. The molecule has 2 saturated heterocycles. The first-order valence-electron chi connectivity index (χ1n) is 6.79. The van der Waals surface area contributed by atoms with Gasteiger partial charge in [0.15, 0.2) is 0 Å². The molecule has 98 valence electrons. The first-order valence-corrected chi connectivity index (χ1v) is 6.79. The average molecular weight is 240 g/mol. The third-order valence-corrected chi connectivity index (χ3v) is 4.07. The first-order chi connectivity index (χ1) is 8.11. The van der Waals surface area contributed by atoms with Gasteiger partial charge in [-0.2, -0.15) is 0 Å². The summed E-state index contributed by atoms with van der Waals surface area (Å²) in [6.07, 6.45) is 4.07. The van der Waals surface area contributed by atoms with E-state index in [0.717, 1.165) is 25.8 Å². The standard InChI is InChI=1S/C13H24N2O2/c1-9-6-8-17-12(9)13(16)15-7-4-3-5-11(15)10(2)14/h9-12H,3-8,14H2,1-2H3. The van der Waals surface area contributed by atoms with E-state index in [9.17, 15) is 4.79 Å². The SMILES string of the molecule is CC(N)C1CCCCN1C(=O)C1OCCC1C. The highest BCUT2D eigenvalue weighted by Crippen LogP contribution is 2.26. The zero-order valence-electron chi connectivity index (χ0n) is 10.9. The molecule has 0 aromatic rings. The second-order valence-electron chi connectivity index (χ2n) is 5.51. The topological polar surface area (TPSA) is 55.6 Å². The average Bonchev–Trinajstić information content (AvgIpc) is 2.74. The molecule has 0 aromatic carbocycles. The molecule has 4 atom stereocenters. The van der Waals surface area contributed by atoms with Crippen LogP contribution in [0.3, 0.4) is 0 Å². The maximum atomic E-state index is 12.5. The molecule has 2 rings (SSSR count). The van der Waals surface area contributed by atoms with Gasteiger partial charge in [-0.15, -0.1) is 0 Å². The molecule has 2 aliphatic heterocycles. The Hall–Kier alpha value is -0.610. The predicted molar refractivity (Wildman–Crippen MR) is 66.5 cm³/mol. The Morgan fingerprint density at radius 3 is 2.76 bits per heavy atom. The van der Waals surface area contributed by atoms with Crippen molar-refractivity contribution < 1.29 is 9.53 Å². The minimum atomic E-state index is -0.227. The van der Waals surface area contributed by atoms with Gasteiger partial charge in [0.2, 0.25) is 0 Å². The fourth-order valence-electron chi connectivity index (χ4n) is 2.95. The predicted octanol–water partition coefficient (Wildman–Crippen LogP) is 1.14. The van der Waals surface area contributed by atoms with Gasteiger partial charge >= 0.3 is 0 Å². The van der Waals surface area contributed by atoms with Crippen LogP contribution in [-0.4, -0.2) is 42.1 Å². The van der Waals surface area contributed by atoms with Crippen LogP contribution in [0, 0.1) is 5.92 Å². The van der Waals surface area contributed by atoms with E-state index in [2.05, 4.69) is 6.92 Å². The Labute approximate surface area is 103 Å². The number of ether oxygens (including phenoxy) is 1. The summed E-state index contributed by atoms with van der Waals surface area (Å²) in [6.45, 7) is 5.65. The molecule has 17 heavy (non-hydrogen) atoms. The largest absolute Gasteiger partial charge is 0.368 e. The van der Waals surface area contributed by atoms with Gasteiger partial charge in [-0.05, 0) is 38.5 Å². The quantitative estimate of drug-likeness (QED) is 0.787. The van der Waals surface area contributed by atoms with Crippen LogP contribution in [-0.2, 0) is 9.53 Å². The molecule has 0 aromatic heterocycles. The number of rotatable bonds is 2. The van der Waals surface area contributed by atoms with Crippen LogP contribution >= 0.6 is 0 Å². The van der Waals surface area contributed by atoms with E-state index in [1.807, 2.05) is 11.8 Å². The summed E-state index contributed by atoms with van der Waals surface area (Å²) in [5.41, 5.74) is 5.99. The van der Waals surface area contributed by atoms with E-state index in [4.69, 9.17) is 10.5 Å². The zero-order valence-corrected chi connectivity index (χ0v) is 10.9. The summed E-state index contributed by atoms with van der Waals surface area (Å²) >= 11 is 0. The Kier molecular flexibility index (Phi) is 4.05. The Morgan fingerprint density at radius 2 is 2.18 bits per heavy atom. The van der Waals surface area contributed by atoms with Gasteiger partial charge in [-0.1, -0.05) is 6.92 Å². The highest BCUT2D eigenvalue weighted by molar-refractivity contribution is 5.82. The number of carbonyl (C=O) groups is 1. The minimum Gasteiger partial charge on any atom is -0.368 e. The third-order valence-electron chi connectivity index (χ3n) is 4.07. The Bertz CT molecular complexity index is 281. The number of nitrogens with zero attached hydrogens (tertiary/aromatic N) is 1. The van der Waals surface area contributed by atoms with Crippen molar-refractivity contribution in [2.45, 2.75) is 57.7 Å². The lowest BCUT2D eigenvalue weighted by Crippen LogP contribution is -2.55. The number of nitrogens with two attached hydrogens (primary N) is 1. The molecule has 1 amide bonds. The van der Waals surface area contributed by atoms with Crippen molar-refractivity contribution in [2.24, 2.45) is 11.7 Å². The summed E-state index contributed by atoms with van der Waals surface area (Å²) < 4.78 is 5.58. The summed E-state index contributed by atoms with van der Waals surface area (Å²) in [4.78, 5) is 14.4. The highest BCUT2D eigenvalue weighted by atomic mass is 16.5. The number of likely N-dealkylation sites (tertiary alicyclic amines) is 1. The minimum absolute atomic E-state index is 0.0518. The maximum absolute atomic E-state index is 12.5. The second-order valence-corrected chi connectivity index (χ2v) is 5.51. The number of piperidine rings is 1. The van der Waals surface area contributed by atoms with Gasteiger partial charge in [0, 0.05) is 25.2 Å². The molecule has 2 N–H and O–H groups in total. The van der Waals surface area contributed by atoms with Crippen molar-refractivity contribution in [3.63, 3.8) is 0 Å². The van der Waals surface area contributed by atoms with Crippen molar-refractivity contribution in [2.75, 3.05) is 13.2 Å². The number of amides is 1. The van der Waals surface area contributed by atoms with Crippen LogP contribution in [0.25, 0.3) is 0 Å². The molecule has 4 nitrogen and oxygen atoms in total. The highest BCUT2D eigenvalue weighted by Gasteiger charge is 2.38. The number of hydrogen-bond acceptors (Lipinski definition) is 3. The van der Waals surface area contributed by atoms with E-state index in [1.54, 1.807) is 0 Å². The van der Waals surface area contributed by atoms with Crippen LogP contribution in [0.1, 0.15) is 39.5 Å². The molecular formula is C13H24N2O2. The molecule has 0 aliphatic carbocycles. The fraction of sp³-hybridized carbons (Fsp3) is 0.923. The molecule has 4 heteroatoms. The van der Waals surface area contributed by atoms with Crippen molar-refractivity contribution >= 4 is 5.91 Å². The van der Waals surface area contributed by atoms with Crippen LogP contribution in [0.15, 0.2) is 0 Å². The lowest BCUT2D eigenvalue weighted by molar-refractivity contribution is -0.146. The Morgan fingerprint density at radius 1 is 1.41 bits per heavy atom. The monoisotopic (exact) mass is 240 g/mol. The van der Waals surface area contributed by atoms with Crippen molar-refractivity contribution in [3.8, 4) is 0 Å². The lowest BCUT2D eigenvalue weighted by Gasteiger charge is -2.39. The Balaban J connectivity index is 2.05. The number of hydrogen-bond donors (Lipinski definition) is 1. The van der Waals surface area contributed by atoms with Gasteiger partial charge in [0.25, 0.3) is 5.91 Å². The molecule has 2 fully saturated rings. The molecule has 4 unspecified atom stereocenters. The van der Waals surface area contributed by atoms with E-state index in [1.165, 1.54) is 6.42 Å². The molecule has 0 spiro atoms. The summed E-state index contributed by atoms with van der Waals surface area (Å²) in [5, 5.41) is 0. The van der Waals surface area contributed by atoms with Gasteiger partial charge < -0.3 is 15.4 Å². The molecule has 2 heterocycles. The summed E-state index contributed by atoms with van der Waals surface area (Å²) in [5.74, 6) is 0.509. The maximum Gasteiger partial charge on any atom is 0.252 e. The molecule has 0 radical (unpaired) electrons. The normalized spacial score (nSPS) is 35.9.